The highest BCUT2D eigenvalue weighted by atomic mass is 32.1. The van der Waals surface area contributed by atoms with E-state index in [0.717, 1.165) is 43.7 Å². The SMILES string of the molecule is O=C(c1ccc(F)cc1)C1CCN(CCN2C(=S)Nc3ccccc3C2O)CC1. The Balaban J connectivity index is 1.30. The van der Waals surface area contributed by atoms with Gasteiger partial charge in [0.05, 0.1) is 0 Å². The van der Waals surface area contributed by atoms with E-state index in [9.17, 15) is 14.3 Å². The van der Waals surface area contributed by atoms with Gasteiger partial charge in [-0.15, -0.1) is 0 Å². The van der Waals surface area contributed by atoms with E-state index in [2.05, 4.69) is 10.2 Å². The van der Waals surface area contributed by atoms with Gasteiger partial charge in [0.15, 0.2) is 17.1 Å². The van der Waals surface area contributed by atoms with Crippen LogP contribution in [0.1, 0.15) is 35.0 Å². The summed E-state index contributed by atoms with van der Waals surface area (Å²) in [5.41, 5.74) is 2.25. The van der Waals surface area contributed by atoms with Crippen LogP contribution < -0.4 is 5.32 Å². The second-order valence-electron chi connectivity index (χ2n) is 7.57. The molecule has 0 radical (unpaired) electrons. The molecule has 29 heavy (non-hydrogen) atoms. The average Bonchev–Trinajstić information content (AvgIpc) is 2.74. The zero-order valence-corrected chi connectivity index (χ0v) is 16.9. The number of piperidine rings is 1. The normalized spacial score (nSPS) is 20.3. The lowest BCUT2D eigenvalue weighted by Gasteiger charge is -2.38. The van der Waals surface area contributed by atoms with Gasteiger partial charge >= 0.3 is 0 Å². The lowest BCUT2D eigenvalue weighted by atomic mass is 9.89. The zero-order chi connectivity index (χ0) is 20.4. The third-order valence-corrected chi connectivity index (χ3v) is 6.12. The van der Waals surface area contributed by atoms with Crippen molar-refractivity contribution in [3.05, 3.63) is 65.5 Å². The highest BCUT2D eigenvalue weighted by Crippen LogP contribution is 2.31. The fourth-order valence-corrected chi connectivity index (χ4v) is 4.34. The first-order valence-corrected chi connectivity index (χ1v) is 10.3. The molecule has 2 N–H and O–H groups in total. The number of ketones is 1. The van der Waals surface area contributed by atoms with Gasteiger partial charge in [0.25, 0.3) is 0 Å². The molecule has 1 atom stereocenters. The minimum absolute atomic E-state index is 0.0214. The number of anilines is 1. The predicted molar refractivity (Wildman–Crippen MR) is 114 cm³/mol. The second-order valence-corrected chi connectivity index (χ2v) is 7.96. The van der Waals surface area contributed by atoms with E-state index in [1.807, 2.05) is 24.3 Å². The summed E-state index contributed by atoms with van der Waals surface area (Å²) < 4.78 is 13.1. The molecule has 0 aromatic heterocycles. The maximum Gasteiger partial charge on any atom is 0.175 e. The van der Waals surface area contributed by atoms with E-state index in [1.165, 1.54) is 12.1 Å². The van der Waals surface area contributed by atoms with Crippen molar-refractivity contribution in [3.63, 3.8) is 0 Å². The zero-order valence-electron chi connectivity index (χ0n) is 16.1. The minimum atomic E-state index is -0.752. The summed E-state index contributed by atoms with van der Waals surface area (Å²) in [6.45, 7) is 3.01. The number of nitrogens with one attached hydrogen (secondary N) is 1. The fourth-order valence-electron chi connectivity index (χ4n) is 4.04. The Bertz CT molecular complexity index is 897. The molecule has 4 rings (SSSR count). The van der Waals surface area contributed by atoms with Gasteiger partial charge in [0.1, 0.15) is 5.82 Å². The van der Waals surface area contributed by atoms with E-state index in [-0.39, 0.29) is 17.5 Å². The summed E-state index contributed by atoms with van der Waals surface area (Å²) in [4.78, 5) is 16.7. The van der Waals surface area contributed by atoms with Crippen LogP contribution >= 0.6 is 12.2 Å². The Kier molecular flexibility index (Phi) is 5.89. The molecule has 152 valence electrons. The number of halogens is 1. The third-order valence-electron chi connectivity index (χ3n) is 5.78. The number of rotatable bonds is 5. The molecule has 2 aromatic rings. The molecule has 0 aliphatic carbocycles. The lowest BCUT2D eigenvalue weighted by Crippen LogP contribution is -2.47. The molecule has 1 fully saturated rings. The van der Waals surface area contributed by atoms with Crippen LogP contribution in [0, 0.1) is 11.7 Å². The van der Waals surface area contributed by atoms with Crippen LogP contribution in [0.15, 0.2) is 48.5 Å². The maximum absolute atomic E-state index is 13.1. The van der Waals surface area contributed by atoms with Crippen molar-refractivity contribution in [1.29, 1.82) is 0 Å². The molecule has 5 nitrogen and oxygen atoms in total. The molecule has 1 saturated heterocycles. The molecule has 0 saturated carbocycles. The van der Waals surface area contributed by atoms with Gasteiger partial charge in [-0.2, -0.15) is 0 Å². The van der Waals surface area contributed by atoms with Gasteiger partial charge < -0.3 is 20.2 Å². The van der Waals surface area contributed by atoms with E-state index in [4.69, 9.17) is 12.2 Å². The molecular weight excluding hydrogens is 389 g/mol. The molecule has 0 bridgehead atoms. The van der Waals surface area contributed by atoms with Crippen molar-refractivity contribution in [2.75, 3.05) is 31.5 Å². The van der Waals surface area contributed by atoms with Gasteiger partial charge in [-0.05, 0) is 68.5 Å². The van der Waals surface area contributed by atoms with Crippen molar-refractivity contribution in [2.24, 2.45) is 5.92 Å². The van der Waals surface area contributed by atoms with Gasteiger partial charge in [-0.1, -0.05) is 18.2 Å². The smallest absolute Gasteiger partial charge is 0.175 e. The van der Waals surface area contributed by atoms with Crippen LogP contribution in [0.25, 0.3) is 0 Å². The Hall–Kier alpha value is -2.35. The van der Waals surface area contributed by atoms with E-state index < -0.39 is 6.23 Å². The van der Waals surface area contributed by atoms with Crippen LogP contribution in [0.5, 0.6) is 0 Å². The molecule has 0 amide bonds. The summed E-state index contributed by atoms with van der Waals surface area (Å²) in [6.07, 6.45) is 0.812. The number of Topliss-reactive ketones (excluding diaryl/α,β-unsaturated/α-hetero) is 1. The van der Waals surface area contributed by atoms with Gasteiger partial charge in [0.2, 0.25) is 0 Å². The van der Waals surface area contributed by atoms with Crippen molar-refractivity contribution >= 4 is 28.8 Å². The number of likely N-dealkylation sites (tertiary alicyclic amines) is 1. The second kappa shape index (κ2) is 8.57. The van der Waals surface area contributed by atoms with Crippen molar-refractivity contribution < 1.29 is 14.3 Å². The number of hydrogen-bond donors (Lipinski definition) is 2. The first kappa shape index (κ1) is 19.9. The number of para-hydroxylation sites is 1. The van der Waals surface area contributed by atoms with Crippen LogP contribution in [0.2, 0.25) is 0 Å². The first-order valence-electron chi connectivity index (χ1n) is 9.89. The number of thiocarbonyl (C=S) groups is 1. The quantitative estimate of drug-likeness (QED) is 0.579. The highest BCUT2D eigenvalue weighted by molar-refractivity contribution is 7.80. The number of carbonyl (C=O) groups excluding carboxylic acids is 1. The summed E-state index contributed by atoms with van der Waals surface area (Å²) in [6, 6.07) is 13.4. The van der Waals surface area contributed by atoms with Crippen LogP contribution in [0.4, 0.5) is 10.1 Å². The molecule has 7 heteroatoms. The Morgan fingerprint density at radius 3 is 2.52 bits per heavy atom. The third kappa shape index (κ3) is 4.32. The van der Waals surface area contributed by atoms with E-state index in [0.29, 0.717) is 17.2 Å². The monoisotopic (exact) mass is 413 g/mol. The lowest BCUT2D eigenvalue weighted by molar-refractivity contribution is 0.0426. The molecule has 2 aliphatic heterocycles. The Labute approximate surface area is 175 Å². The number of aliphatic hydroxyl groups excluding tert-OH is 1. The first-order chi connectivity index (χ1) is 14.0. The molecule has 1 unspecified atom stereocenters. The van der Waals surface area contributed by atoms with E-state index in [1.54, 1.807) is 17.0 Å². The molecule has 2 heterocycles. The van der Waals surface area contributed by atoms with Crippen molar-refractivity contribution in [2.45, 2.75) is 19.1 Å². The van der Waals surface area contributed by atoms with E-state index >= 15 is 0 Å². The predicted octanol–water partition coefficient (Wildman–Crippen LogP) is 3.42. The van der Waals surface area contributed by atoms with Gasteiger partial charge in [-0.3, -0.25) is 4.79 Å². The average molecular weight is 414 g/mol. The van der Waals surface area contributed by atoms with Crippen molar-refractivity contribution in [3.8, 4) is 0 Å². The Morgan fingerprint density at radius 1 is 1.10 bits per heavy atom. The fraction of sp³-hybridized carbons (Fsp3) is 0.364. The van der Waals surface area contributed by atoms with Crippen LogP contribution in [0.3, 0.4) is 0 Å². The largest absolute Gasteiger partial charge is 0.369 e. The molecule has 0 spiro atoms. The van der Waals surface area contributed by atoms with Gasteiger partial charge in [0, 0.05) is 35.8 Å². The number of hydrogen-bond acceptors (Lipinski definition) is 4. The van der Waals surface area contributed by atoms with Crippen LogP contribution in [-0.4, -0.2) is 52.0 Å². The number of aliphatic hydroxyl groups is 1. The van der Waals surface area contributed by atoms with Crippen molar-refractivity contribution in [1.82, 2.24) is 9.80 Å². The summed E-state index contributed by atoms with van der Waals surface area (Å²) in [7, 11) is 0. The number of benzene rings is 2. The number of fused-ring (bicyclic) bond motifs is 1. The highest BCUT2D eigenvalue weighted by Gasteiger charge is 2.30. The summed E-state index contributed by atoms with van der Waals surface area (Å²) in [5, 5.41) is 14.4. The standard InChI is InChI=1S/C22H24FN3O2S/c23-17-7-5-15(6-8-17)20(27)16-9-11-25(12-10-16)13-14-26-21(28)18-3-1-2-4-19(18)24-22(26)29/h1-8,16,21,28H,9-14H2,(H,24,29). The molecular formula is C22H24FN3O2S. The molecule has 2 aliphatic rings. The topological polar surface area (TPSA) is 55.8 Å². The Morgan fingerprint density at radius 2 is 1.79 bits per heavy atom. The summed E-state index contributed by atoms with van der Waals surface area (Å²) >= 11 is 5.43. The van der Waals surface area contributed by atoms with Gasteiger partial charge in [-0.25, -0.2) is 4.39 Å². The minimum Gasteiger partial charge on any atom is -0.369 e. The number of nitrogens with zero attached hydrogens (tertiary/aromatic N) is 2. The maximum atomic E-state index is 13.1. The summed E-state index contributed by atoms with van der Waals surface area (Å²) in [5.74, 6) is -0.253. The van der Waals surface area contributed by atoms with Crippen LogP contribution in [-0.2, 0) is 0 Å². The number of carbonyl (C=O) groups is 1. The molecule has 2 aromatic carbocycles.